The summed E-state index contributed by atoms with van der Waals surface area (Å²) in [7, 11) is 2.08. The van der Waals surface area contributed by atoms with Gasteiger partial charge in [0.15, 0.2) is 5.78 Å². The van der Waals surface area contributed by atoms with E-state index in [9.17, 15) is 14.4 Å². The topological polar surface area (TPSA) is 145 Å². The molecule has 1 aromatic carbocycles. The van der Waals surface area contributed by atoms with Crippen LogP contribution in [0, 0.1) is 5.41 Å². The molecule has 0 spiro atoms. The van der Waals surface area contributed by atoms with Gasteiger partial charge in [-0.05, 0) is 48.2 Å². The Balaban J connectivity index is 1.75. The van der Waals surface area contributed by atoms with E-state index in [-0.39, 0.29) is 30.3 Å². The number of hydrogen-bond donors (Lipinski definition) is 1. The molecule has 1 aromatic rings. The minimum absolute atomic E-state index is 0.0919. The predicted molar refractivity (Wildman–Crippen MR) is 135 cm³/mol. The molecule has 0 bridgehead atoms. The van der Waals surface area contributed by atoms with Crippen LogP contribution in [0.4, 0.5) is 5.69 Å². The molecular weight excluding hydrogens is 462 g/mol. The molecule has 0 saturated carbocycles. The van der Waals surface area contributed by atoms with E-state index in [1.54, 1.807) is 6.07 Å². The van der Waals surface area contributed by atoms with Crippen LogP contribution < -0.4 is 10.6 Å². The van der Waals surface area contributed by atoms with Crippen molar-refractivity contribution in [1.29, 1.82) is 0 Å². The quantitative estimate of drug-likeness (QED) is 0.361. The highest BCUT2D eigenvalue weighted by Crippen LogP contribution is 2.39. The van der Waals surface area contributed by atoms with Crippen LogP contribution in [-0.4, -0.2) is 92.0 Å². The van der Waals surface area contributed by atoms with Crippen molar-refractivity contribution >= 4 is 23.3 Å². The number of primary amides is 1. The minimum Gasteiger partial charge on any atom is -0.369 e. The molecule has 11 nitrogen and oxygen atoms in total. The summed E-state index contributed by atoms with van der Waals surface area (Å²) >= 11 is 0. The number of carbonyl (C=O) groups excluding carboxylic acids is 3. The summed E-state index contributed by atoms with van der Waals surface area (Å²) in [6, 6.07) is 4.05. The van der Waals surface area contributed by atoms with E-state index in [4.69, 9.17) is 16.0 Å². The predicted octanol–water partition coefficient (Wildman–Crippen LogP) is 1.91. The van der Waals surface area contributed by atoms with E-state index >= 15 is 0 Å². The van der Waals surface area contributed by atoms with Crippen molar-refractivity contribution in [2.45, 2.75) is 51.3 Å². The number of nitrogens with zero attached hydrogens (tertiary/aromatic N) is 6. The van der Waals surface area contributed by atoms with Crippen LogP contribution in [0.3, 0.4) is 0 Å². The Bertz CT molecular complexity index is 1090. The zero-order valence-electron chi connectivity index (χ0n) is 21.4. The summed E-state index contributed by atoms with van der Waals surface area (Å²) in [5.74, 6) is -1.81. The second-order valence-corrected chi connectivity index (χ2v) is 11.2. The number of anilines is 1. The molecule has 2 amide bonds. The van der Waals surface area contributed by atoms with Gasteiger partial charge in [-0.25, -0.2) is 0 Å². The summed E-state index contributed by atoms with van der Waals surface area (Å²) in [4.78, 5) is 48.2. The number of carbonyl (C=O) groups is 3. The first-order valence-corrected chi connectivity index (χ1v) is 12.4. The molecule has 11 heteroatoms. The summed E-state index contributed by atoms with van der Waals surface area (Å²) in [5, 5.41) is 3.79. The molecule has 0 aromatic heterocycles. The van der Waals surface area contributed by atoms with Crippen LogP contribution >= 0.6 is 0 Å². The molecule has 0 radical (unpaired) electrons. The third kappa shape index (κ3) is 5.18. The molecule has 3 heterocycles. The Hall–Kier alpha value is -3.14. The smallest absolute Gasteiger partial charge is 0.249 e. The van der Waals surface area contributed by atoms with Gasteiger partial charge >= 0.3 is 0 Å². The number of amides is 2. The van der Waals surface area contributed by atoms with E-state index < -0.39 is 30.0 Å². The van der Waals surface area contributed by atoms with Gasteiger partial charge in [-0.1, -0.05) is 25.9 Å². The van der Waals surface area contributed by atoms with Crippen molar-refractivity contribution in [3.63, 3.8) is 0 Å². The zero-order chi connectivity index (χ0) is 26.2. The van der Waals surface area contributed by atoms with Crippen molar-refractivity contribution in [3.8, 4) is 0 Å². The van der Waals surface area contributed by atoms with E-state index in [0.29, 0.717) is 17.5 Å². The number of fused-ring (bicyclic) bond motifs is 1. The number of rotatable bonds is 6. The molecule has 2 N–H and O–H groups in total. The molecule has 3 aliphatic rings. The van der Waals surface area contributed by atoms with E-state index in [2.05, 4.69) is 26.9 Å². The third-order valence-corrected chi connectivity index (χ3v) is 7.30. The van der Waals surface area contributed by atoms with Crippen LogP contribution in [-0.2, 0) is 14.3 Å². The van der Waals surface area contributed by atoms with Crippen molar-refractivity contribution in [1.82, 2.24) is 9.80 Å². The molecule has 0 unspecified atom stereocenters. The highest BCUT2D eigenvalue weighted by molar-refractivity contribution is 5.99. The number of likely N-dealkylation sites (tertiary alicyclic amines) is 1. The molecule has 3 aliphatic heterocycles. The van der Waals surface area contributed by atoms with Crippen LogP contribution in [0.5, 0.6) is 0 Å². The van der Waals surface area contributed by atoms with Crippen molar-refractivity contribution in [2.24, 2.45) is 16.3 Å². The van der Waals surface area contributed by atoms with Gasteiger partial charge in [-0.3, -0.25) is 14.4 Å². The average molecular weight is 498 g/mol. The summed E-state index contributed by atoms with van der Waals surface area (Å²) < 4.78 is 5.60. The van der Waals surface area contributed by atoms with Gasteiger partial charge in [0.2, 0.25) is 11.8 Å². The molecule has 194 valence electrons. The number of ketones is 1. The molecule has 4 atom stereocenters. The van der Waals surface area contributed by atoms with Gasteiger partial charge in [-0.15, -0.1) is 0 Å². The first-order valence-electron chi connectivity index (χ1n) is 12.4. The fraction of sp³-hybridized carbons (Fsp3) is 0.640. The molecule has 3 saturated heterocycles. The second-order valence-electron chi connectivity index (χ2n) is 11.2. The van der Waals surface area contributed by atoms with Crippen molar-refractivity contribution < 1.29 is 19.1 Å². The van der Waals surface area contributed by atoms with E-state index in [0.717, 1.165) is 31.9 Å². The highest BCUT2D eigenvalue weighted by Gasteiger charge is 2.53. The first kappa shape index (κ1) is 25.9. The van der Waals surface area contributed by atoms with Gasteiger partial charge in [0.1, 0.15) is 12.6 Å². The molecule has 36 heavy (non-hydrogen) atoms. The normalized spacial score (nSPS) is 25.4. The Morgan fingerprint density at radius 3 is 2.56 bits per heavy atom. The summed E-state index contributed by atoms with van der Waals surface area (Å²) in [6.07, 6.45) is -0.215. The fourth-order valence-electron chi connectivity index (χ4n) is 5.49. The van der Waals surface area contributed by atoms with Crippen molar-refractivity contribution in [3.05, 3.63) is 39.8 Å². The number of azide groups is 1. The standard InChI is InChI=1S/C25H35N7O4/c1-25(2,3)12-18(24(35)32-13-19(28-29-27)22-21(32)20(33)14-36-22)17-11-15(5-6-16(17)23(26)34)31-9-7-30(4)8-10-31/h5-6,11,18-19,21-22H,7-10,12-14H2,1-4H3,(H2,26,34)/t18-,19-,21+,22+/m0/s1. The largest absolute Gasteiger partial charge is 0.369 e. The molecular formula is C25H35N7O4. The lowest BCUT2D eigenvalue weighted by molar-refractivity contribution is -0.138. The number of nitrogens with two attached hydrogens (primary N) is 1. The number of benzene rings is 1. The summed E-state index contributed by atoms with van der Waals surface area (Å²) in [5.41, 5.74) is 16.3. The maximum Gasteiger partial charge on any atom is 0.249 e. The number of piperazine rings is 1. The molecule has 3 fully saturated rings. The Morgan fingerprint density at radius 2 is 1.94 bits per heavy atom. The van der Waals surface area contributed by atoms with Crippen molar-refractivity contribution in [2.75, 3.05) is 51.3 Å². The zero-order valence-corrected chi connectivity index (χ0v) is 21.4. The van der Waals surface area contributed by atoms with E-state index in [1.807, 2.05) is 32.9 Å². The minimum atomic E-state index is -0.798. The lowest BCUT2D eigenvalue weighted by atomic mass is 9.79. The van der Waals surface area contributed by atoms with Crippen LogP contribution in [0.15, 0.2) is 23.3 Å². The average Bonchev–Trinajstić information content (AvgIpc) is 3.37. The maximum absolute atomic E-state index is 14.2. The van der Waals surface area contributed by atoms with Crippen LogP contribution in [0.25, 0.3) is 10.4 Å². The molecule has 0 aliphatic carbocycles. The maximum atomic E-state index is 14.2. The van der Waals surface area contributed by atoms with Crippen LogP contribution in [0.1, 0.15) is 49.0 Å². The SMILES string of the molecule is CN1CCN(c2ccc(C(N)=O)c([C@H](CC(C)(C)C)C(=O)N3C[C@H](N=[N+]=[N-])[C@H]4OCC(=O)[C@H]43)c2)CC1. The lowest BCUT2D eigenvalue weighted by Crippen LogP contribution is -2.45. The monoisotopic (exact) mass is 497 g/mol. The number of hydrogen-bond acceptors (Lipinski definition) is 7. The second kappa shape index (κ2) is 10.1. The Kier molecular flexibility index (Phi) is 7.26. The van der Waals surface area contributed by atoms with Gasteiger partial charge in [-0.2, -0.15) is 0 Å². The van der Waals surface area contributed by atoms with Gasteiger partial charge in [0, 0.05) is 48.9 Å². The number of Topliss-reactive ketones (excluding diaryl/α,β-unsaturated/α-hetero) is 1. The number of likely N-dealkylation sites (N-methyl/N-ethyl adjacent to an activating group) is 1. The van der Waals surface area contributed by atoms with Gasteiger partial charge in [0.05, 0.1) is 18.1 Å². The van der Waals surface area contributed by atoms with E-state index in [1.165, 1.54) is 4.90 Å². The van der Waals surface area contributed by atoms with Gasteiger partial charge < -0.3 is 25.2 Å². The van der Waals surface area contributed by atoms with Gasteiger partial charge in [0.25, 0.3) is 0 Å². The highest BCUT2D eigenvalue weighted by atomic mass is 16.5. The lowest BCUT2D eigenvalue weighted by Gasteiger charge is -2.35. The first-order chi connectivity index (χ1) is 17.0. The fourth-order valence-corrected chi connectivity index (χ4v) is 5.49. The third-order valence-electron chi connectivity index (χ3n) is 7.30. The van der Waals surface area contributed by atoms with Crippen LogP contribution in [0.2, 0.25) is 0 Å². The number of ether oxygens (including phenoxy) is 1. The Morgan fingerprint density at radius 1 is 1.25 bits per heavy atom. The summed E-state index contributed by atoms with van der Waals surface area (Å²) in [6.45, 7) is 9.55. The molecule has 4 rings (SSSR count). The Labute approximate surface area is 211 Å².